The van der Waals surface area contributed by atoms with Crippen molar-refractivity contribution in [2.24, 2.45) is 0 Å². The van der Waals surface area contributed by atoms with Crippen LogP contribution in [0, 0.1) is 0 Å². The van der Waals surface area contributed by atoms with Crippen LogP contribution in [0.25, 0.3) is 0 Å². The Hall–Kier alpha value is -0.790. The third-order valence-corrected chi connectivity index (χ3v) is 5.44. The molecule has 1 heterocycles. The molecule has 2 rings (SSSR count). The number of carbonyl (C=O) groups excluding carboxylic acids is 1. The monoisotopic (exact) mass is 383 g/mol. The van der Waals surface area contributed by atoms with Crippen LogP contribution in [0.1, 0.15) is 10.4 Å². The van der Waals surface area contributed by atoms with Gasteiger partial charge in [-0.1, -0.05) is 34.8 Å². The Labute approximate surface area is 140 Å². The minimum absolute atomic E-state index is 0.0525. The number of sulfone groups is 1. The van der Waals surface area contributed by atoms with Gasteiger partial charge >= 0.3 is 0 Å². The molecule has 0 atom stereocenters. The van der Waals surface area contributed by atoms with Crippen molar-refractivity contribution in [2.45, 2.75) is 4.90 Å². The van der Waals surface area contributed by atoms with Crippen LogP contribution in [-0.4, -0.2) is 20.6 Å². The predicted molar refractivity (Wildman–Crippen MR) is 86.9 cm³/mol. The van der Waals surface area contributed by atoms with E-state index in [4.69, 9.17) is 34.8 Å². The van der Waals surface area contributed by atoms with Gasteiger partial charge in [0.15, 0.2) is 9.84 Å². The quantitative estimate of drug-likeness (QED) is 0.855. The second-order valence-corrected chi connectivity index (χ2v) is 8.81. The lowest BCUT2D eigenvalue weighted by molar-refractivity contribution is 0.102. The molecule has 0 fully saturated rings. The van der Waals surface area contributed by atoms with Crippen molar-refractivity contribution >= 4 is 67.6 Å². The summed E-state index contributed by atoms with van der Waals surface area (Å²) in [5.74, 6) is -0.518. The third kappa shape index (κ3) is 3.90. The number of hydrogen-bond acceptors (Lipinski definition) is 4. The zero-order chi connectivity index (χ0) is 15.8. The van der Waals surface area contributed by atoms with E-state index in [1.165, 1.54) is 24.3 Å². The summed E-state index contributed by atoms with van der Waals surface area (Å²) in [6, 6.07) is 5.48. The maximum atomic E-state index is 12.1. The number of rotatable bonds is 3. The lowest BCUT2D eigenvalue weighted by Gasteiger charge is -2.08. The highest BCUT2D eigenvalue weighted by molar-refractivity contribution is 7.90. The molecule has 0 aliphatic carbocycles. The molecule has 21 heavy (non-hydrogen) atoms. The summed E-state index contributed by atoms with van der Waals surface area (Å²) in [6.45, 7) is 0. The molecular formula is C12H8Cl3NO3S2. The van der Waals surface area contributed by atoms with Gasteiger partial charge in [-0.2, -0.15) is 0 Å². The largest absolute Gasteiger partial charge is 0.321 e. The first-order valence-corrected chi connectivity index (χ1v) is 9.28. The van der Waals surface area contributed by atoms with Gasteiger partial charge in [-0.05, 0) is 24.3 Å². The second kappa shape index (κ2) is 6.14. The van der Waals surface area contributed by atoms with E-state index < -0.39 is 15.7 Å². The van der Waals surface area contributed by atoms with Crippen molar-refractivity contribution in [1.82, 2.24) is 0 Å². The Bertz CT molecular complexity index is 815. The van der Waals surface area contributed by atoms with E-state index in [2.05, 4.69) is 5.32 Å². The van der Waals surface area contributed by atoms with Gasteiger partial charge < -0.3 is 5.32 Å². The molecule has 0 aliphatic rings. The maximum absolute atomic E-state index is 12.1. The van der Waals surface area contributed by atoms with Crippen LogP contribution in [0.3, 0.4) is 0 Å². The van der Waals surface area contributed by atoms with E-state index in [9.17, 15) is 13.2 Å². The summed E-state index contributed by atoms with van der Waals surface area (Å²) in [6.07, 6.45) is 1.07. The standard InChI is InChI=1S/C12H8Cl3NO3S2/c1-21(18,19)6-2-3-8(13)9(4-6)16-12(17)7-5-10(14)20-11(7)15/h2-5H,1H3,(H,16,17). The van der Waals surface area contributed by atoms with Crippen LogP contribution >= 0.6 is 46.1 Å². The molecular weight excluding hydrogens is 377 g/mol. The highest BCUT2D eigenvalue weighted by Crippen LogP contribution is 2.32. The Morgan fingerprint density at radius 1 is 1.19 bits per heavy atom. The minimum Gasteiger partial charge on any atom is -0.321 e. The number of amides is 1. The summed E-state index contributed by atoms with van der Waals surface area (Å²) in [4.78, 5) is 12.2. The van der Waals surface area contributed by atoms with Crippen LogP contribution in [-0.2, 0) is 9.84 Å². The number of benzene rings is 1. The molecule has 0 unspecified atom stereocenters. The Morgan fingerprint density at radius 3 is 2.38 bits per heavy atom. The Balaban J connectivity index is 2.35. The summed E-state index contributed by atoms with van der Waals surface area (Å²) >= 11 is 18.7. The molecule has 2 aromatic rings. The number of anilines is 1. The molecule has 0 aliphatic heterocycles. The van der Waals surface area contributed by atoms with Crippen molar-refractivity contribution in [3.8, 4) is 0 Å². The SMILES string of the molecule is CS(=O)(=O)c1ccc(Cl)c(NC(=O)c2cc(Cl)sc2Cl)c1. The highest BCUT2D eigenvalue weighted by Gasteiger charge is 2.17. The van der Waals surface area contributed by atoms with Gasteiger partial charge in [0.05, 0.1) is 25.5 Å². The molecule has 1 N–H and O–H groups in total. The number of carbonyl (C=O) groups is 1. The summed E-state index contributed by atoms with van der Waals surface area (Å²) < 4.78 is 23.7. The molecule has 0 saturated carbocycles. The Morgan fingerprint density at radius 2 is 1.86 bits per heavy atom. The highest BCUT2D eigenvalue weighted by atomic mass is 35.5. The molecule has 1 aromatic heterocycles. The molecule has 4 nitrogen and oxygen atoms in total. The maximum Gasteiger partial charge on any atom is 0.258 e. The number of hydrogen-bond donors (Lipinski definition) is 1. The molecule has 0 spiro atoms. The fraction of sp³-hybridized carbons (Fsp3) is 0.0833. The fourth-order valence-corrected chi connectivity index (χ4v) is 3.79. The summed E-state index contributed by atoms with van der Waals surface area (Å²) in [5, 5.41) is 2.74. The van der Waals surface area contributed by atoms with E-state index >= 15 is 0 Å². The minimum atomic E-state index is -3.40. The average Bonchev–Trinajstić information content (AvgIpc) is 2.70. The van der Waals surface area contributed by atoms with E-state index in [1.54, 1.807) is 0 Å². The number of thiophene rings is 1. The zero-order valence-corrected chi connectivity index (χ0v) is 14.4. The number of nitrogens with one attached hydrogen (secondary N) is 1. The fourth-order valence-electron chi connectivity index (χ4n) is 1.52. The van der Waals surface area contributed by atoms with Gasteiger partial charge in [-0.25, -0.2) is 8.42 Å². The van der Waals surface area contributed by atoms with E-state index in [1.807, 2.05) is 0 Å². The van der Waals surface area contributed by atoms with Crippen LogP contribution in [0.4, 0.5) is 5.69 Å². The lowest BCUT2D eigenvalue weighted by atomic mass is 10.2. The van der Waals surface area contributed by atoms with Crippen molar-refractivity contribution in [3.63, 3.8) is 0 Å². The molecule has 0 radical (unpaired) electrons. The molecule has 1 aromatic carbocycles. The molecule has 0 saturated heterocycles. The third-order valence-electron chi connectivity index (χ3n) is 2.52. The van der Waals surface area contributed by atoms with Crippen molar-refractivity contribution in [1.29, 1.82) is 0 Å². The van der Waals surface area contributed by atoms with Crippen LogP contribution in [0.5, 0.6) is 0 Å². The lowest BCUT2D eigenvalue weighted by Crippen LogP contribution is -2.12. The first-order chi connectivity index (χ1) is 9.68. The Kier molecular flexibility index (Phi) is 4.85. The van der Waals surface area contributed by atoms with Gasteiger partial charge in [-0.3, -0.25) is 4.79 Å². The van der Waals surface area contributed by atoms with Crippen LogP contribution < -0.4 is 5.32 Å². The van der Waals surface area contributed by atoms with Gasteiger partial charge in [0.1, 0.15) is 4.34 Å². The first-order valence-electron chi connectivity index (χ1n) is 5.44. The van der Waals surface area contributed by atoms with Crippen molar-refractivity contribution in [3.05, 3.63) is 43.5 Å². The van der Waals surface area contributed by atoms with E-state index in [0.717, 1.165) is 17.6 Å². The summed E-state index contributed by atoms with van der Waals surface area (Å²) in [7, 11) is -3.40. The van der Waals surface area contributed by atoms with Gasteiger partial charge in [0, 0.05) is 6.26 Å². The van der Waals surface area contributed by atoms with Crippen LogP contribution in [0.15, 0.2) is 29.2 Å². The molecule has 112 valence electrons. The smallest absolute Gasteiger partial charge is 0.258 e. The normalized spacial score (nSPS) is 11.4. The van der Waals surface area contributed by atoms with Crippen molar-refractivity contribution in [2.75, 3.05) is 11.6 Å². The molecule has 1 amide bonds. The van der Waals surface area contributed by atoms with Gasteiger partial charge in [0.25, 0.3) is 5.91 Å². The van der Waals surface area contributed by atoms with Crippen molar-refractivity contribution < 1.29 is 13.2 Å². The van der Waals surface area contributed by atoms with Crippen LogP contribution in [0.2, 0.25) is 13.7 Å². The molecule has 0 bridgehead atoms. The summed E-state index contributed by atoms with van der Waals surface area (Å²) in [5.41, 5.74) is 0.385. The van der Waals surface area contributed by atoms with E-state index in [0.29, 0.717) is 4.34 Å². The second-order valence-electron chi connectivity index (χ2n) is 4.11. The zero-order valence-electron chi connectivity index (χ0n) is 10.5. The number of halogens is 3. The first kappa shape index (κ1) is 16.6. The van der Waals surface area contributed by atoms with E-state index in [-0.39, 0.29) is 25.5 Å². The predicted octanol–water partition coefficient (Wildman–Crippen LogP) is 4.36. The molecule has 9 heteroatoms. The average molecular weight is 385 g/mol. The topological polar surface area (TPSA) is 63.2 Å². The van der Waals surface area contributed by atoms with Gasteiger partial charge in [-0.15, -0.1) is 11.3 Å². The van der Waals surface area contributed by atoms with Gasteiger partial charge in [0.2, 0.25) is 0 Å².